The van der Waals surface area contributed by atoms with Crippen molar-refractivity contribution in [3.63, 3.8) is 0 Å². The fourth-order valence-corrected chi connectivity index (χ4v) is 2.78. The number of nitrogens with one attached hydrogen (secondary N) is 1. The second-order valence-electron chi connectivity index (χ2n) is 5.32. The molecule has 0 bridgehead atoms. The molecule has 0 spiro atoms. The van der Waals surface area contributed by atoms with Crippen LogP contribution >= 0.6 is 0 Å². The van der Waals surface area contributed by atoms with Crippen LogP contribution in [0, 0.1) is 5.92 Å². The van der Waals surface area contributed by atoms with E-state index in [-0.39, 0.29) is 0 Å². The van der Waals surface area contributed by atoms with Crippen LogP contribution < -0.4 is 5.32 Å². The predicted molar refractivity (Wildman–Crippen MR) is 71.3 cm³/mol. The number of rotatable bonds is 8. The zero-order chi connectivity index (χ0) is 12.7. The van der Waals surface area contributed by atoms with Gasteiger partial charge in [0.15, 0.2) is 0 Å². The molecule has 0 saturated carbocycles. The zero-order valence-electron chi connectivity index (χ0n) is 11.9. The molecule has 1 rings (SSSR count). The normalized spacial score (nSPS) is 24.2. The van der Waals surface area contributed by atoms with Crippen LogP contribution in [0.5, 0.6) is 0 Å². The summed E-state index contributed by atoms with van der Waals surface area (Å²) in [5.41, 5.74) is 0. The Kier molecular flexibility index (Phi) is 7.09. The summed E-state index contributed by atoms with van der Waals surface area (Å²) in [6.07, 6.45) is 5.56. The molecule has 3 unspecified atom stereocenters. The van der Waals surface area contributed by atoms with E-state index >= 15 is 0 Å². The molecule has 0 amide bonds. The maximum Gasteiger partial charge on any atom is 0.0747 e. The molecular weight excluding hydrogens is 214 g/mol. The van der Waals surface area contributed by atoms with E-state index in [2.05, 4.69) is 26.1 Å². The van der Waals surface area contributed by atoms with Gasteiger partial charge < -0.3 is 14.8 Å². The Morgan fingerprint density at radius 2 is 2.18 bits per heavy atom. The minimum absolute atomic E-state index is 0.302. The highest BCUT2D eigenvalue weighted by Gasteiger charge is 2.25. The highest BCUT2D eigenvalue weighted by molar-refractivity contribution is 4.81. The average molecular weight is 243 g/mol. The molecule has 1 N–H and O–H groups in total. The maximum absolute atomic E-state index is 5.69. The Hall–Kier alpha value is -0.120. The first kappa shape index (κ1) is 14.9. The third-order valence-electron chi connectivity index (χ3n) is 3.62. The molecule has 17 heavy (non-hydrogen) atoms. The van der Waals surface area contributed by atoms with Gasteiger partial charge in [0.2, 0.25) is 0 Å². The second-order valence-corrected chi connectivity index (χ2v) is 5.32. The molecule has 3 nitrogen and oxygen atoms in total. The monoisotopic (exact) mass is 243 g/mol. The van der Waals surface area contributed by atoms with Gasteiger partial charge in [-0.1, -0.05) is 20.8 Å². The third-order valence-corrected chi connectivity index (χ3v) is 3.62. The summed E-state index contributed by atoms with van der Waals surface area (Å²) in [5, 5.41) is 3.56. The molecule has 0 radical (unpaired) electrons. The van der Waals surface area contributed by atoms with Crippen molar-refractivity contribution in [2.45, 2.75) is 64.7 Å². The van der Waals surface area contributed by atoms with E-state index < -0.39 is 0 Å². The van der Waals surface area contributed by atoms with E-state index in [9.17, 15) is 0 Å². The van der Waals surface area contributed by atoms with E-state index in [1.54, 1.807) is 0 Å². The second kappa shape index (κ2) is 8.06. The molecule has 1 heterocycles. The molecule has 0 aromatic heterocycles. The molecule has 0 aromatic carbocycles. The van der Waals surface area contributed by atoms with Crippen LogP contribution in [0.15, 0.2) is 0 Å². The molecular formula is C14H29NO2. The average Bonchev–Trinajstić information content (AvgIpc) is 2.79. The zero-order valence-corrected chi connectivity index (χ0v) is 11.9. The summed E-state index contributed by atoms with van der Waals surface area (Å²) < 4.78 is 11.3. The lowest BCUT2D eigenvalue weighted by molar-refractivity contribution is 0.0239. The number of methoxy groups -OCH3 is 1. The van der Waals surface area contributed by atoms with Gasteiger partial charge in [-0.05, 0) is 38.1 Å². The Morgan fingerprint density at radius 3 is 2.65 bits per heavy atom. The largest absolute Gasteiger partial charge is 0.380 e. The van der Waals surface area contributed by atoms with Crippen LogP contribution in [0.4, 0.5) is 0 Å². The summed E-state index contributed by atoms with van der Waals surface area (Å²) in [6, 6.07) is 0.453. The number of hydrogen-bond donors (Lipinski definition) is 1. The minimum Gasteiger partial charge on any atom is -0.380 e. The summed E-state index contributed by atoms with van der Waals surface area (Å²) >= 11 is 0. The first-order chi connectivity index (χ1) is 8.19. The van der Waals surface area contributed by atoms with Crippen LogP contribution in [0.3, 0.4) is 0 Å². The van der Waals surface area contributed by atoms with E-state index in [1.165, 1.54) is 12.8 Å². The lowest BCUT2D eigenvalue weighted by Gasteiger charge is -2.30. The standard InChI is InChI=1S/C14H29NO2/c1-5-15-13(14(16-4)11(2)3)9-8-12-7-6-10-17-12/h11-15H,5-10H2,1-4H3. The Morgan fingerprint density at radius 1 is 1.41 bits per heavy atom. The number of ether oxygens (including phenoxy) is 2. The summed E-state index contributed by atoms with van der Waals surface area (Å²) in [5.74, 6) is 0.550. The molecule has 3 heteroatoms. The molecule has 1 aliphatic heterocycles. The molecule has 0 aliphatic carbocycles. The van der Waals surface area contributed by atoms with Crippen molar-refractivity contribution in [2.75, 3.05) is 20.3 Å². The third kappa shape index (κ3) is 4.94. The van der Waals surface area contributed by atoms with Crippen molar-refractivity contribution in [2.24, 2.45) is 5.92 Å². The van der Waals surface area contributed by atoms with Gasteiger partial charge in [-0.2, -0.15) is 0 Å². The number of hydrogen-bond acceptors (Lipinski definition) is 3. The van der Waals surface area contributed by atoms with Crippen LogP contribution in [0.2, 0.25) is 0 Å². The fraction of sp³-hybridized carbons (Fsp3) is 1.00. The summed E-state index contributed by atoms with van der Waals surface area (Å²) in [4.78, 5) is 0. The van der Waals surface area contributed by atoms with Crippen molar-refractivity contribution in [1.82, 2.24) is 5.32 Å². The van der Waals surface area contributed by atoms with E-state index in [1.807, 2.05) is 7.11 Å². The summed E-state index contributed by atoms with van der Waals surface area (Å²) in [7, 11) is 1.82. The van der Waals surface area contributed by atoms with Gasteiger partial charge >= 0.3 is 0 Å². The van der Waals surface area contributed by atoms with Crippen LogP contribution in [0.1, 0.15) is 46.5 Å². The lowest BCUT2D eigenvalue weighted by Crippen LogP contribution is -2.44. The Bertz CT molecular complexity index is 191. The van der Waals surface area contributed by atoms with Crippen molar-refractivity contribution in [3.8, 4) is 0 Å². The molecule has 1 fully saturated rings. The van der Waals surface area contributed by atoms with Crippen LogP contribution in [0.25, 0.3) is 0 Å². The van der Waals surface area contributed by atoms with Crippen molar-refractivity contribution >= 4 is 0 Å². The number of likely N-dealkylation sites (N-methyl/N-ethyl adjacent to an activating group) is 1. The van der Waals surface area contributed by atoms with Gasteiger partial charge in [-0.15, -0.1) is 0 Å². The molecule has 0 aromatic rings. The SMILES string of the molecule is CCNC(CCC1CCCO1)C(OC)C(C)C. The van der Waals surface area contributed by atoms with Gasteiger partial charge in [0.05, 0.1) is 12.2 Å². The van der Waals surface area contributed by atoms with Crippen LogP contribution in [-0.2, 0) is 9.47 Å². The van der Waals surface area contributed by atoms with E-state index in [0.29, 0.717) is 24.2 Å². The maximum atomic E-state index is 5.69. The molecule has 1 saturated heterocycles. The molecule has 102 valence electrons. The highest BCUT2D eigenvalue weighted by atomic mass is 16.5. The van der Waals surface area contributed by atoms with Crippen molar-refractivity contribution < 1.29 is 9.47 Å². The smallest absolute Gasteiger partial charge is 0.0747 e. The topological polar surface area (TPSA) is 30.5 Å². The fourth-order valence-electron chi connectivity index (χ4n) is 2.78. The van der Waals surface area contributed by atoms with Gasteiger partial charge in [0.1, 0.15) is 0 Å². The van der Waals surface area contributed by atoms with Gasteiger partial charge in [-0.25, -0.2) is 0 Å². The van der Waals surface area contributed by atoms with Crippen molar-refractivity contribution in [3.05, 3.63) is 0 Å². The first-order valence-corrected chi connectivity index (χ1v) is 7.06. The molecule has 3 atom stereocenters. The quantitative estimate of drug-likeness (QED) is 0.711. The van der Waals surface area contributed by atoms with Gasteiger partial charge in [0, 0.05) is 19.8 Å². The predicted octanol–water partition coefficient (Wildman–Crippen LogP) is 2.59. The lowest BCUT2D eigenvalue weighted by atomic mass is 9.94. The van der Waals surface area contributed by atoms with E-state index in [0.717, 1.165) is 26.0 Å². The van der Waals surface area contributed by atoms with Gasteiger partial charge in [-0.3, -0.25) is 0 Å². The van der Waals surface area contributed by atoms with Crippen LogP contribution in [-0.4, -0.2) is 38.5 Å². The van der Waals surface area contributed by atoms with E-state index in [4.69, 9.17) is 9.47 Å². The summed E-state index contributed by atoms with van der Waals surface area (Å²) in [6.45, 7) is 8.57. The molecule has 1 aliphatic rings. The van der Waals surface area contributed by atoms with Gasteiger partial charge in [0.25, 0.3) is 0 Å². The Labute approximate surface area is 106 Å². The highest BCUT2D eigenvalue weighted by Crippen LogP contribution is 2.21. The minimum atomic E-state index is 0.302. The first-order valence-electron chi connectivity index (χ1n) is 7.06. The Balaban J connectivity index is 2.39. The van der Waals surface area contributed by atoms with Crippen molar-refractivity contribution in [1.29, 1.82) is 0 Å².